The number of anilines is 2. The molecule has 0 saturated carbocycles. The van der Waals surface area contributed by atoms with Crippen molar-refractivity contribution in [2.45, 2.75) is 4.90 Å². The highest BCUT2D eigenvalue weighted by molar-refractivity contribution is 7.92. The van der Waals surface area contributed by atoms with Crippen LogP contribution in [0, 0.1) is 0 Å². The smallest absolute Gasteiger partial charge is 0.261 e. The van der Waals surface area contributed by atoms with Gasteiger partial charge in [-0.15, -0.1) is 0 Å². The van der Waals surface area contributed by atoms with Gasteiger partial charge >= 0.3 is 0 Å². The van der Waals surface area contributed by atoms with Crippen LogP contribution in [0.1, 0.15) is 20.7 Å². The van der Waals surface area contributed by atoms with E-state index in [9.17, 15) is 18.0 Å². The van der Waals surface area contributed by atoms with E-state index in [-0.39, 0.29) is 26.8 Å². The lowest BCUT2D eigenvalue weighted by atomic mass is 9.92. The van der Waals surface area contributed by atoms with Crippen molar-refractivity contribution >= 4 is 44.6 Å². The zero-order chi connectivity index (χ0) is 22.9. The van der Waals surface area contributed by atoms with Crippen molar-refractivity contribution in [1.82, 2.24) is 0 Å². The Hall–Kier alpha value is -3.62. The van der Waals surface area contributed by atoms with Crippen LogP contribution in [0.3, 0.4) is 0 Å². The number of methoxy groups -OCH3 is 1. The lowest BCUT2D eigenvalue weighted by Gasteiger charge is -2.19. The number of allylic oxidation sites excluding steroid dienone is 2. The van der Waals surface area contributed by atoms with Gasteiger partial charge in [0.1, 0.15) is 16.5 Å². The molecule has 7 nitrogen and oxygen atoms in total. The van der Waals surface area contributed by atoms with Crippen LogP contribution in [0.2, 0.25) is 0 Å². The average Bonchev–Trinajstić information content (AvgIpc) is 2.81. The molecule has 1 aliphatic rings. The summed E-state index contributed by atoms with van der Waals surface area (Å²) in [7, 11) is -2.31. The number of ether oxygens (including phenoxy) is 1. The van der Waals surface area contributed by atoms with Gasteiger partial charge in [-0.2, -0.15) is 0 Å². The Morgan fingerprint density at radius 3 is 1.94 bits per heavy atom. The van der Waals surface area contributed by atoms with Gasteiger partial charge in [0.15, 0.2) is 0 Å². The fourth-order valence-electron chi connectivity index (χ4n) is 3.19. The Morgan fingerprint density at radius 1 is 0.781 bits per heavy atom. The molecule has 0 heterocycles. The highest BCUT2D eigenvalue weighted by atomic mass is 35.5. The molecule has 32 heavy (non-hydrogen) atoms. The average molecular weight is 469 g/mol. The summed E-state index contributed by atoms with van der Waals surface area (Å²) in [5.41, 5.74) is 1.24. The molecular formula is C23H17ClN2O5S. The number of carbonyl (C=O) groups is 2. The fraction of sp³-hybridized carbons (Fsp3) is 0.0435. The van der Waals surface area contributed by atoms with E-state index in [0.29, 0.717) is 17.1 Å². The SMILES string of the molecule is COc1ccc(NS(=O)(=O)c2ccc(NC3=C(Cl)C(=O)c4ccccc4C3=O)cc2)cc1. The number of nitrogens with one attached hydrogen (secondary N) is 2. The monoisotopic (exact) mass is 468 g/mol. The van der Waals surface area contributed by atoms with Crippen molar-refractivity contribution in [3.05, 3.63) is 94.7 Å². The van der Waals surface area contributed by atoms with E-state index in [0.717, 1.165) is 0 Å². The number of Topliss-reactive ketones (excluding diaryl/α,β-unsaturated/α-hetero) is 2. The Balaban J connectivity index is 1.54. The molecule has 9 heteroatoms. The van der Waals surface area contributed by atoms with Gasteiger partial charge in [-0.25, -0.2) is 8.42 Å². The molecule has 0 spiro atoms. The quantitative estimate of drug-likeness (QED) is 0.554. The van der Waals surface area contributed by atoms with Crippen LogP contribution in [-0.4, -0.2) is 27.1 Å². The number of carbonyl (C=O) groups excluding carboxylic acids is 2. The van der Waals surface area contributed by atoms with Gasteiger partial charge in [0.2, 0.25) is 11.6 Å². The first kappa shape index (κ1) is 21.6. The number of rotatable bonds is 6. The van der Waals surface area contributed by atoms with E-state index in [1.807, 2.05) is 0 Å². The highest BCUT2D eigenvalue weighted by Crippen LogP contribution is 2.30. The molecule has 4 rings (SSSR count). The number of benzene rings is 3. The van der Waals surface area contributed by atoms with Crippen molar-refractivity contribution in [2.24, 2.45) is 0 Å². The van der Waals surface area contributed by atoms with Crippen molar-refractivity contribution in [2.75, 3.05) is 17.1 Å². The number of hydrogen-bond acceptors (Lipinski definition) is 6. The standard InChI is InChI=1S/C23H17ClN2O5S/c1-31-16-10-6-15(7-11-16)26-32(29,30)17-12-8-14(9-13-17)25-21-20(24)22(27)18-4-2-3-5-19(18)23(21)28/h2-13,25-26H,1H3. The number of sulfonamides is 1. The molecule has 2 N–H and O–H groups in total. The number of ketones is 2. The zero-order valence-corrected chi connectivity index (χ0v) is 18.3. The minimum atomic E-state index is -3.83. The largest absolute Gasteiger partial charge is 0.497 e. The number of halogens is 1. The maximum atomic E-state index is 12.8. The second-order valence-corrected chi connectivity index (χ2v) is 8.94. The second-order valence-electron chi connectivity index (χ2n) is 6.88. The molecule has 0 amide bonds. The predicted molar refractivity (Wildman–Crippen MR) is 122 cm³/mol. The minimum Gasteiger partial charge on any atom is -0.497 e. The number of fused-ring (bicyclic) bond motifs is 1. The Labute approximate surface area is 189 Å². The summed E-state index contributed by atoms with van der Waals surface area (Å²) in [5, 5.41) is 2.62. The van der Waals surface area contributed by atoms with Crippen LogP contribution in [0.15, 0.2) is 88.4 Å². The van der Waals surface area contributed by atoms with Crippen LogP contribution < -0.4 is 14.8 Å². The molecule has 3 aromatic rings. The van der Waals surface area contributed by atoms with E-state index in [1.165, 1.54) is 31.4 Å². The van der Waals surface area contributed by atoms with Crippen molar-refractivity contribution in [3.8, 4) is 5.75 Å². The third-order valence-electron chi connectivity index (χ3n) is 4.84. The van der Waals surface area contributed by atoms with E-state index in [1.54, 1.807) is 48.5 Å². The first-order valence-corrected chi connectivity index (χ1v) is 11.3. The van der Waals surface area contributed by atoms with Crippen LogP contribution >= 0.6 is 11.6 Å². The lowest BCUT2D eigenvalue weighted by molar-refractivity contribution is 0.0982. The van der Waals surface area contributed by atoms with E-state index in [2.05, 4.69) is 10.0 Å². The maximum Gasteiger partial charge on any atom is 0.261 e. The molecule has 0 atom stereocenters. The Bertz CT molecular complexity index is 1350. The Kier molecular flexibility index (Phi) is 5.73. The number of hydrogen-bond donors (Lipinski definition) is 2. The van der Waals surface area contributed by atoms with Gasteiger partial charge in [-0.3, -0.25) is 14.3 Å². The summed E-state index contributed by atoms with van der Waals surface area (Å²) in [6.45, 7) is 0. The molecule has 0 unspecified atom stereocenters. The predicted octanol–water partition coefficient (Wildman–Crippen LogP) is 4.44. The maximum absolute atomic E-state index is 12.8. The van der Waals surface area contributed by atoms with Crippen molar-refractivity contribution in [3.63, 3.8) is 0 Å². The summed E-state index contributed by atoms with van der Waals surface area (Å²) < 4.78 is 32.8. The van der Waals surface area contributed by atoms with Gasteiger partial charge in [0.05, 0.1) is 12.0 Å². The van der Waals surface area contributed by atoms with Gasteiger partial charge in [-0.05, 0) is 48.5 Å². The second kappa shape index (κ2) is 8.49. The molecule has 0 bridgehead atoms. The van der Waals surface area contributed by atoms with E-state index >= 15 is 0 Å². The van der Waals surface area contributed by atoms with Gasteiger partial charge in [0, 0.05) is 22.5 Å². The molecule has 0 fully saturated rings. The fourth-order valence-corrected chi connectivity index (χ4v) is 4.49. The molecule has 162 valence electrons. The summed E-state index contributed by atoms with van der Waals surface area (Å²) in [5.74, 6) is -0.259. The zero-order valence-electron chi connectivity index (χ0n) is 16.8. The first-order valence-electron chi connectivity index (χ1n) is 9.42. The van der Waals surface area contributed by atoms with Gasteiger partial charge in [0.25, 0.3) is 10.0 Å². The molecule has 0 saturated heterocycles. The summed E-state index contributed by atoms with van der Waals surface area (Å²) in [6, 6.07) is 18.6. The van der Waals surface area contributed by atoms with Gasteiger partial charge in [-0.1, -0.05) is 35.9 Å². The van der Waals surface area contributed by atoms with Crippen molar-refractivity contribution in [1.29, 1.82) is 0 Å². The molecule has 0 aromatic heterocycles. The molecule has 0 aliphatic heterocycles. The molecule has 1 aliphatic carbocycles. The normalized spacial score (nSPS) is 13.6. The van der Waals surface area contributed by atoms with Crippen LogP contribution in [0.4, 0.5) is 11.4 Å². The van der Waals surface area contributed by atoms with Crippen LogP contribution in [0.25, 0.3) is 0 Å². The lowest BCUT2D eigenvalue weighted by Crippen LogP contribution is -2.24. The van der Waals surface area contributed by atoms with Crippen molar-refractivity contribution < 1.29 is 22.7 Å². The topological polar surface area (TPSA) is 102 Å². The summed E-state index contributed by atoms with van der Waals surface area (Å²) in [4.78, 5) is 25.3. The minimum absolute atomic E-state index is 0.0235. The van der Waals surface area contributed by atoms with Gasteiger partial charge < -0.3 is 10.1 Å². The van der Waals surface area contributed by atoms with E-state index < -0.39 is 21.6 Å². The summed E-state index contributed by atoms with van der Waals surface area (Å²) >= 11 is 6.15. The molecular weight excluding hydrogens is 452 g/mol. The van der Waals surface area contributed by atoms with E-state index in [4.69, 9.17) is 16.3 Å². The molecule has 3 aromatic carbocycles. The van der Waals surface area contributed by atoms with Crippen LogP contribution in [-0.2, 0) is 10.0 Å². The highest BCUT2D eigenvalue weighted by Gasteiger charge is 2.31. The van der Waals surface area contributed by atoms with Crippen LogP contribution in [0.5, 0.6) is 5.75 Å². The third-order valence-corrected chi connectivity index (χ3v) is 6.60. The first-order chi connectivity index (χ1) is 15.3. The molecule has 0 radical (unpaired) electrons. The third kappa shape index (κ3) is 4.10. The Morgan fingerprint density at radius 2 is 1.34 bits per heavy atom. The summed E-state index contributed by atoms with van der Waals surface area (Å²) in [6.07, 6.45) is 0.